The van der Waals surface area contributed by atoms with Gasteiger partial charge in [-0.3, -0.25) is 0 Å². The summed E-state index contributed by atoms with van der Waals surface area (Å²) < 4.78 is 5.26. The molecule has 0 heterocycles. The Kier molecular flexibility index (Phi) is 8.17. The molecule has 0 saturated carbocycles. The number of carbonyl (C=O) groups excluding carboxylic acids is 1. The highest BCUT2D eigenvalue weighted by atomic mass is 16.6. The first-order valence-corrected chi connectivity index (χ1v) is 7.75. The second-order valence-electron chi connectivity index (χ2n) is 6.98. The molecule has 0 aromatic rings. The van der Waals surface area contributed by atoms with Crippen molar-refractivity contribution in [1.82, 2.24) is 5.32 Å². The van der Waals surface area contributed by atoms with E-state index in [2.05, 4.69) is 26.1 Å². The molecule has 0 radical (unpaired) electrons. The summed E-state index contributed by atoms with van der Waals surface area (Å²) in [7, 11) is 0. The van der Waals surface area contributed by atoms with Gasteiger partial charge in [-0.2, -0.15) is 0 Å². The smallest absolute Gasteiger partial charge is 0.407 e. The zero-order valence-electron chi connectivity index (χ0n) is 14.1. The molecule has 0 bridgehead atoms. The molecule has 4 nitrogen and oxygen atoms in total. The monoisotopic (exact) mass is 287 g/mol. The molecule has 1 amide bonds. The highest BCUT2D eigenvalue weighted by Gasteiger charge is 2.31. The largest absolute Gasteiger partial charge is 0.444 e. The van der Waals surface area contributed by atoms with E-state index in [9.17, 15) is 9.90 Å². The van der Waals surface area contributed by atoms with Crippen LogP contribution >= 0.6 is 0 Å². The topological polar surface area (TPSA) is 58.6 Å². The zero-order valence-corrected chi connectivity index (χ0v) is 14.1. The van der Waals surface area contributed by atoms with Crippen molar-refractivity contribution in [3.05, 3.63) is 0 Å². The van der Waals surface area contributed by atoms with E-state index in [1.165, 1.54) is 0 Å². The summed E-state index contributed by atoms with van der Waals surface area (Å²) in [6, 6.07) is 0. The summed E-state index contributed by atoms with van der Waals surface area (Å²) in [6.45, 7) is 12.5. The molecule has 20 heavy (non-hydrogen) atoms. The fraction of sp³-hybridized carbons (Fsp3) is 0.938. The SMILES string of the molecule is CCCC(CO)(CNC(=O)OC(C)(C)C)CC(C)CC. The van der Waals surface area contributed by atoms with Crippen LogP contribution in [0.1, 0.15) is 67.2 Å². The van der Waals surface area contributed by atoms with Gasteiger partial charge in [0.15, 0.2) is 0 Å². The molecular formula is C16H33NO3. The van der Waals surface area contributed by atoms with Gasteiger partial charge in [-0.1, -0.05) is 33.6 Å². The quantitative estimate of drug-likeness (QED) is 0.715. The van der Waals surface area contributed by atoms with E-state index in [0.717, 1.165) is 25.7 Å². The van der Waals surface area contributed by atoms with E-state index in [0.29, 0.717) is 12.5 Å². The van der Waals surface area contributed by atoms with Crippen LogP contribution < -0.4 is 5.32 Å². The van der Waals surface area contributed by atoms with Crippen LogP contribution in [0.4, 0.5) is 4.79 Å². The van der Waals surface area contributed by atoms with E-state index in [1.807, 2.05) is 20.8 Å². The molecule has 0 aliphatic heterocycles. The lowest BCUT2D eigenvalue weighted by molar-refractivity contribution is 0.0419. The standard InChI is InChI=1S/C16H33NO3/c1-7-9-16(12-18,10-13(3)8-2)11-17-14(19)20-15(4,5)6/h13,18H,7-12H2,1-6H3,(H,17,19). The van der Waals surface area contributed by atoms with Crippen LogP contribution in [0.5, 0.6) is 0 Å². The van der Waals surface area contributed by atoms with Crippen LogP contribution in [-0.2, 0) is 4.74 Å². The summed E-state index contributed by atoms with van der Waals surface area (Å²) in [4.78, 5) is 11.8. The first kappa shape index (κ1) is 19.2. The van der Waals surface area contributed by atoms with Gasteiger partial charge in [-0.25, -0.2) is 4.79 Å². The van der Waals surface area contributed by atoms with Gasteiger partial charge < -0.3 is 15.2 Å². The van der Waals surface area contributed by atoms with Crippen molar-refractivity contribution in [3.63, 3.8) is 0 Å². The molecule has 0 rings (SSSR count). The van der Waals surface area contributed by atoms with E-state index in [-0.39, 0.29) is 12.0 Å². The number of aliphatic hydroxyl groups is 1. The van der Waals surface area contributed by atoms with E-state index < -0.39 is 11.7 Å². The van der Waals surface area contributed by atoms with Gasteiger partial charge in [0.2, 0.25) is 0 Å². The third-order valence-electron chi connectivity index (χ3n) is 3.60. The maximum Gasteiger partial charge on any atom is 0.407 e. The van der Waals surface area contributed by atoms with Crippen LogP contribution in [0.25, 0.3) is 0 Å². The second kappa shape index (κ2) is 8.50. The molecule has 0 spiro atoms. The number of carbonyl (C=O) groups is 1. The van der Waals surface area contributed by atoms with E-state index >= 15 is 0 Å². The van der Waals surface area contributed by atoms with Gasteiger partial charge >= 0.3 is 6.09 Å². The Labute approximate surface area is 124 Å². The molecule has 2 atom stereocenters. The Bertz CT molecular complexity index is 286. The Morgan fingerprint density at radius 2 is 1.90 bits per heavy atom. The highest BCUT2D eigenvalue weighted by Crippen LogP contribution is 2.32. The van der Waals surface area contributed by atoms with E-state index in [1.54, 1.807) is 0 Å². The summed E-state index contributed by atoms with van der Waals surface area (Å²) in [5.41, 5.74) is -0.728. The number of ether oxygens (including phenoxy) is 1. The predicted octanol–water partition coefficient (Wildman–Crippen LogP) is 3.73. The molecule has 2 unspecified atom stereocenters. The normalized spacial score (nSPS) is 16.4. The number of alkyl carbamates (subject to hydrolysis) is 1. The van der Waals surface area contributed by atoms with Crippen LogP contribution in [0.15, 0.2) is 0 Å². The number of hydrogen-bond acceptors (Lipinski definition) is 3. The van der Waals surface area contributed by atoms with Gasteiger partial charge in [0.25, 0.3) is 0 Å². The average Bonchev–Trinajstić information content (AvgIpc) is 2.34. The molecule has 0 saturated heterocycles. The maximum atomic E-state index is 11.8. The van der Waals surface area contributed by atoms with Crippen molar-refractivity contribution in [3.8, 4) is 0 Å². The Morgan fingerprint density at radius 3 is 2.30 bits per heavy atom. The van der Waals surface area contributed by atoms with Crippen LogP contribution in [0.3, 0.4) is 0 Å². The minimum Gasteiger partial charge on any atom is -0.444 e. The third-order valence-corrected chi connectivity index (χ3v) is 3.60. The third kappa shape index (κ3) is 7.73. The minimum absolute atomic E-state index is 0.0982. The number of nitrogens with one attached hydrogen (secondary N) is 1. The predicted molar refractivity (Wildman–Crippen MR) is 82.7 cm³/mol. The Balaban J connectivity index is 4.60. The lowest BCUT2D eigenvalue weighted by Gasteiger charge is -2.34. The van der Waals surface area contributed by atoms with Crippen molar-refractivity contribution in [2.45, 2.75) is 72.8 Å². The lowest BCUT2D eigenvalue weighted by atomic mass is 9.76. The van der Waals surface area contributed by atoms with Crippen LogP contribution in [0, 0.1) is 11.3 Å². The minimum atomic E-state index is -0.493. The second-order valence-corrected chi connectivity index (χ2v) is 6.98. The first-order valence-electron chi connectivity index (χ1n) is 7.75. The fourth-order valence-electron chi connectivity index (χ4n) is 2.45. The molecule has 0 aliphatic carbocycles. The maximum absolute atomic E-state index is 11.8. The van der Waals surface area contributed by atoms with Crippen molar-refractivity contribution < 1.29 is 14.6 Å². The van der Waals surface area contributed by atoms with Crippen molar-refractivity contribution in [2.75, 3.05) is 13.2 Å². The van der Waals surface area contributed by atoms with Crippen molar-refractivity contribution in [2.24, 2.45) is 11.3 Å². The van der Waals surface area contributed by atoms with Gasteiger partial charge in [0, 0.05) is 12.0 Å². The molecule has 0 fully saturated rings. The van der Waals surface area contributed by atoms with Gasteiger partial charge in [-0.05, 0) is 39.5 Å². The van der Waals surface area contributed by atoms with Gasteiger partial charge in [-0.15, -0.1) is 0 Å². The summed E-state index contributed by atoms with van der Waals surface area (Å²) in [6.07, 6.45) is 3.49. The first-order chi connectivity index (χ1) is 9.18. The lowest BCUT2D eigenvalue weighted by Crippen LogP contribution is -2.43. The molecular weight excluding hydrogens is 254 g/mol. The molecule has 0 aromatic carbocycles. The van der Waals surface area contributed by atoms with Crippen LogP contribution in [0.2, 0.25) is 0 Å². The van der Waals surface area contributed by atoms with Crippen molar-refractivity contribution >= 4 is 6.09 Å². The molecule has 4 heteroatoms. The molecule has 120 valence electrons. The van der Waals surface area contributed by atoms with Crippen molar-refractivity contribution in [1.29, 1.82) is 0 Å². The number of amides is 1. The molecule has 0 aromatic heterocycles. The number of aliphatic hydroxyl groups excluding tert-OH is 1. The van der Waals surface area contributed by atoms with Crippen LogP contribution in [-0.4, -0.2) is 30.0 Å². The summed E-state index contributed by atoms with van der Waals surface area (Å²) >= 11 is 0. The highest BCUT2D eigenvalue weighted by molar-refractivity contribution is 5.67. The average molecular weight is 287 g/mol. The van der Waals surface area contributed by atoms with Gasteiger partial charge in [0.05, 0.1) is 6.61 Å². The summed E-state index contributed by atoms with van der Waals surface area (Å²) in [5, 5.41) is 12.6. The number of hydrogen-bond donors (Lipinski definition) is 2. The fourth-order valence-corrected chi connectivity index (χ4v) is 2.45. The Hall–Kier alpha value is -0.770. The zero-order chi connectivity index (χ0) is 15.8. The summed E-state index contributed by atoms with van der Waals surface area (Å²) in [5.74, 6) is 0.536. The molecule has 0 aliphatic rings. The Morgan fingerprint density at radius 1 is 1.30 bits per heavy atom. The van der Waals surface area contributed by atoms with E-state index in [4.69, 9.17) is 4.74 Å². The molecule has 2 N–H and O–H groups in total. The van der Waals surface area contributed by atoms with Gasteiger partial charge in [0.1, 0.15) is 5.60 Å². The number of rotatable bonds is 8.